The maximum atomic E-state index is 11.2. The van der Waals surface area contributed by atoms with E-state index in [1.807, 2.05) is 0 Å². The molecule has 4 unspecified atom stereocenters. The van der Waals surface area contributed by atoms with Gasteiger partial charge in [-0.05, 0) is 82.2 Å². The van der Waals surface area contributed by atoms with E-state index < -0.39 is 0 Å². The van der Waals surface area contributed by atoms with Gasteiger partial charge in [-0.2, -0.15) is 0 Å². The molecule has 0 aromatic rings. The second-order valence-electron chi connectivity index (χ2n) is 8.54. The highest BCUT2D eigenvalue weighted by molar-refractivity contribution is 5.03. The zero-order valence-corrected chi connectivity index (χ0v) is 13.6. The molecule has 2 heteroatoms. The summed E-state index contributed by atoms with van der Waals surface area (Å²) in [5.74, 6) is 2.83. The largest absolute Gasteiger partial charge is 0.391 e. The van der Waals surface area contributed by atoms with E-state index in [4.69, 9.17) is 0 Å². The molecular formula is C19H33NO. The summed E-state index contributed by atoms with van der Waals surface area (Å²) in [6.07, 6.45) is 16.2. The van der Waals surface area contributed by atoms with Crippen LogP contribution in [0.2, 0.25) is 0 Å². The van der Waals surface area contributed by atoms with E-state index in [0.29, 0.717) is 0 Å². The molecule has 0 spiro atoms. The first kappa shape index (κ1) is 14.5. The van der Waals surface area contributed by atoms with Crippen molar-refractivity contribution in [2.75, 3.05) is 13.1 Å². The number of piperidine rings is 1. The predicted octanol–water partition coefficient (Wildman–Crippen LogP) is 3.97. The van der Waals surface area contributed by atoms with E-state index in [1.165, 1.54) is 83.7 Å². The van der Waals surface area contributed by atoms with E-state index in [-0.39, 0.29) is 11.6 Å². The summed E-state index contributed by atoms with van der Waals surface area (Å²) < 4.78 is 0. The molecule has 0 aromatic carbocycles. The van der Waals surface area contributed by atoms with Crippen molar-refractivity contribution >= 4 is 0 Å². The lowest BCUT2D eigenvalue weighted by atomic mass is 9.77. The van der Waals surface area contributed by atoms with Crippen molar-refractivity contribution in [2.45, 2.75) is 88.7 Å². The van der Waals surface area contributed by atoms with Crippen LogP contribution in [0.15, 0.2) is 0 Å². The van der Waals surface area contributed by atoms with Crippen molar-refractivity contribution < 1.29 is 5.11 Å². The first-order valence-electron chi connectivity index (χ1n) is 9.71. The van der Waals surface area contributed by atoms with Gasteiger partial charge in [-0.25, -0.2) is 0 Å². The molecule has 2 bridgehead atoms. The number of aliphatic hydroxyl groups excluding tert-OH is 1. The lowest BCUT2D eigenvalue weighted by molar-refractivity contribution is -0.0519. The number of hydrogen-bond acceptors (Lipinski definition) is 2. The average molecular weight is 291 g/mol. The number of rotatable bonds is 4. The Morgan fingerprint density at radius 3 is 2.33 bits per heavy atom. The van der Waals surface area contributed by atoms with Gasteiger partial charge >= 0.3 is 0 Å². The third kappa shape index (κ3) is 2.57. The number of nitrogens with zero attached hydrogens (tertiary/aromatic N) is 1. The van der Waals surface area contributed by atoms with Crippen molar-refractivity contribution in [3.05, 3.63) is 0 Å². The van der Waals surface area contributed by atoms with Gasteiger partial charge in [0, 0.05) is 5.54 Å². The van der Waals surface area contributed by atoms with Crippen LogP contribution in [0.4, 0.5) is 0 Å². The Morgan fingerprint density at radius 2 is 1.71 bits per heavy atom. The molecule has 4 atom stereocenters. The molecule has 120 valence electrons. The van der Waals surface area contributed by atoms with Crippen LogP contribution in [0.3, 0.4) is 0 Å². The Hall–Kier alpha value is -0.0800. The van der Waals surface area contributed by atoms with Gasteiger partial charge in [0.2, 0.25) is 0 Å². The molecular weight excluding hydrogens is 258 g/mol. The molecule has 1 N–H and O–H groups in total. The monoisotopic (exact) mass is 291 g/mol. The van der Waals surface area contributed by atoms with Gasteiger partial charge < -0.3 is 5.11 Å². The molecule has 21 heavy (non-hydrogen) atoms. The van der Waals surface area contributed by atoms with Crippen molar-refractivity contribution in [3.8, 4) is 0 Å². The van der Waals surface area contributed by atoms with Gasteiger partial charge in [0.05, 0.1) is 6.10 Å². The highest BCUT2D eigenvalue weighted by Gasteiger charge is 2.48. The van der Waals surface area contributed by atoms with Crippen LogP contribution in [0.25, 0.3) is 0 Å². The smallest absolute Gasteiger partial charge is 0.0726 e. The fourth-order valence-electron chi connectivity index (χ4n) is 6.36. The molecule has 3 aliphatic carbocycles. The Bertz CT molecular complexity index is 357. The quantitative estimate of drug-likeness (QED) is 0.847. The predicted molar refractivity (Wildman–Crippen MR) is 86.2 cm³/mol. The summed E-state index contributed by atoms with van der Waals surface area (Å²) in [6, 6.07) is 0. The van der Waals surface area contributed by atoms with E-state index in [0.717, 1.165) is 24.2 Å². The fraction of sp³-hybridized carbons (Fsp3) is 1.00. The second kappa shape index (κ2) is 5.85. The zero-order valence-electron chi connectivity index (χ0n) is 13.6. The van der Waals surface area contributed by atoms with E-state index in [2.05, 4.69) is 4.90 Å². The summed E-state index contributed by atoms with van der Waals surface area (Å²) in [5.41, 5.74) is 0.169. The summed E-state index contributed by atoms with van der Waals surface area (Å²) in [7, 11) is 0. The Morgan fingerprint density at radius 1 is 0.952 bits per heavy atom. The van der Waals surface area contributed by atoms with E-state index in [9.17, 15) is 5.11 Å². The molecule has 1 heterocycles. The maximum Gasteiger partial charge on any atom is 0.0726 e. The SMILES string of the molecule is OC(CC1CC2CCC1C2)C1(N2CCCCC2)CCCC1. The van der Waals surface area contributed by atoms with Gasteiger partial charge in [-0.3, -0.25) is 4.90 Å². The van der Waals surface area contributed by atoms with Crippen LogP contribution in [0.5, 0.6) is 0 Å². The molecule has 4 rings (SSSR count). The minimum absolute atomic E-state index is 0.0533. The topological polar surface area (TPSA) is 23.5 Å². The minimum atomic E-state index is -0.0533. The summed E-state index contributed by atoms with van der Waals surface area (Å²) in [6.45, 7) is 2.49. The van der Waals surface area contributed by atoms with Crippen LogP contribution >= 0.6 is 0 Å². The van der Waals surface area contributed by atoms with Crippen molar-refractivity contribution in [2.24, 2.45) is 17.8 Å². The first-order chi connectivity index (χ1) is 10.3. The Kier molecular flexibility index (Phi) is 4.04. The number of hydrogen-bond donors (Lipinski definition) is 1. The fourth-order valence-corrected chi connectivity index (χ4v) is 6.36. The van der Waals surface area contributed by atoms with Crippen molar-refractivity contribution in [1.29, 1.82) is 0 Å². The maximum absolute atomic E-state index is 11.2. The van der Waals surface area contributed by atoms with Crippen LogP contribution in [0.1, 0.15) is 77.0 Å². The van der Waals surface area contributed by atoms with Crippen LogP contribution in [0, 0.1) is 17.8 Å². The van der Waals surface area contributed by atoms with E-state index >= 15 is 0 Å². The summed E-state index contributed by atoms with van der Waals surface area (Å²) in [5, 5.41) is 11.2. The van der Waals surface area contributed by atoms with Gasteiger partial charge in [-0.1, -0.05) is 25.7 Å². The Balaban J connectivity index is 1.45. The molecule has 0 aromatic heterocycles. The highest BCUT2D eigenvalue weighted by Crippen LogP contribution is 2.51. The van der Waals surface area contributed by atoms with Crippen LogP contribution in [-0.4, -0.2) is 34.7 Å². The third-order valence-corrected chi connectivity index (χ3v) is 7.49. The first-order valence-corrected chi connectivity index (χ1v) is 9.71. The van der Waals surface area contributed by atoms with Gasteiger partial charge in [0.1, 0.15) is 0 Å². The van der Waals surface area contributed by atoms with Gasteiger partial charge in [-0.15, -0.1) is 0 Å². The molecule has 1 aliphatic heterocycles. The summed E-state index contributed by atoms with van der Waals surface area (Å²) in [4.78, 5) is 2.71. The van der Waals surface area contributed by atoms with Crippen LogP contribution in [-0.2, 0) is 0 Å². The van der Waals surface area contributed by atoms with E-state index in [1.54, 1.807) is 0 Å². The standard InChI is InChI=1S/C19H33NO/c21-18(14-17-13-15-6-7-16(17)12-15)19(8-2-3-9-19)20-10-4-1-5-11-20/h15-18,21H,1-14H2. The van der Waals surface area contributed by atoms with Crippen LogP contribution < -0.4 is 0 Å². The molecule has 0 amide bonds. The van der Waals surface area contributed by atoms with Crippen molar-refractivity contribution in [1.82, 2.24) is 4.90 Å². The van der Waals surface area contributed by atoms with Gasteiger partial charge in [0.15, 0.2) is 0 Å². The van der Waals surface area contributed by atoms with Crippen molar-refractivity contribution in [3.63, 3.8) is 0 Å². The highest BCUT2D eigenvalue weighted by atomic mass is 16.3. The molecule has 4 fully saturated rings. The second-order valence-corrected chi connectivity index (χ2v) is 8.54. The number of likely N-dealkylation sites (tertiary alicyclic amines) is 1. The molecule has 1 saturated heterocycles. The lowest BCUT2D eigenvalue weighted by Crippen LogP contribution is -2.57. The number of aliphatic hydroxyl groups is 1. The molecule has 0 radical (unpaired) electrons. The lowest BCUT2D eigenvalue weighted by Gasteiger charge is -2.47. The normalized spacial score (nSPS) is 40.7. The number of fused-ring (bicyclic) bond motifs is 2. The average Bonchev–Trinajstić information content (AvgIpc) is 3.25. The molecule has 4 aliphatic rings. The minimum Gasteiger partial charge on any atom is -0.391 e. The molecule has 3 saturated carbocycles. The third-order valence-electron chi connectivity index (χ3n) is 7.49. The molecule has 2 nitrogen and oxygen atoms in total. The zero-order chi connectivity index (χ0) is 14.3. The Labute approximate surface area is 130 Å². The van der Waals surface area contributed by atoms with Gasteiger partial charge in [0.25, 0.3) is 0 Å². The summed E-state index contributed by atoms with van der Waals surface area (Å²) >= 11 is 0.